The Morgan fingerprint density at radius 1 is 0.914 bits per heavy atom. The van der Waals surface area contributed by atoms with Crippen molar-refractivity contribution in [1.29, 1.82) is 0 Å². The van der Waals surface area contributed by atoms with Crippen LogP contribution in [0.5, 0.6) is 5.75 Å². The number of carbonyl (C=O) groups is 1. The van der Waals surface area contributed by atoms with Gasteiger partial charge in [-0.3, -0.25) is 9.69 Å². The van der Waals surface area contributed by atoms with Crippen LogP contribution >= 0.6 is 11.3 Å². The Hall–Kier alpha value is -2.63. The Labute approximate surface area is 213 Å². The quantitative estimate of drug-likeness (QED) is 0.391. The second-order valence-electron chi connectivity index (χ2n) is 10.1. The number of thiophene rings is 1. The Kier molecular flexibility index (Phi) is 8.17. The van der Waals surface area contributed by atoms with Crippen LogP contribution in [0, 0.1) is 5.92 Å². The van der Waals surface area contributed by atoms with Crippen molar-refractivity contribution in [2.75, 3.05) is 32.8 Å². The molecule has 0 aliphatic carbocycles. The van der Waals surface area contributed by atoms with Crippen molar-refractivity contribution in [3.63, 3.8) is 0 Å². The first-order valence-electron chi connectivity index (χ1n) is 13.0. The highest BCUT2D eigenvalue weighted by atomic mass is 32.1. The zero-order valence-corrected chi connectivity index (χ0v) is 21.3. The van der Waals surface area contributed by atoms with E-state index in [1.165, 1.54) is 24.0 Å². The van der Waals surface area contributed by atoms with E-state index in [9.17, 15) is 4.79 Å². The maximum atomic E-state index is 12.7. The highest BCUT2D eigenvalue weighted by Gasteiger charge is 2.24. The lowest BCUT2D eigenvalue weighted by molar-refractivity contribution is -0.132. The van der Waals surface area contributed by atoms with Crippen LogP contribution in [0.25, 0.3) is 0 Å². The van der Waals surface area contributed by atoms with Crippen LogP contribution in [0.4, 0.5) is 0 Å². The van der Waals surface area contributed by atoms with Gasteiger partial charge in [-0.05, 0) is 90.3 Å². The molecule has 0 spiro atoms. The van der Waals surface area contributed by atoms with Gasteiger partial charge in [0.2, 0.25) is 5.91 Å². The third-order valence-electron chi connectivity index (χ3n) is 7.48. The Morgan fingerprint density at radius 3 is 2.46 bits per heavy atom. The van der Waals surface area contributed by atoms with Crippen molar-refractivity contribution < 1.29 is 9.53 Å². The van der Waals surface area contributed by atoms with Gasteiger partial charge in [-0.25, -0.2) is 0 Å². The van der Waals surface area contributed by atoms with E-state index in [4.69, 9.17) is 4.74 Å². The molecule has 2 aliphatic heterocycles. The Morgan fingerprint density at radius 2 is 1.71 bits per heavy atom. The third kappa shape index (κ3) is 6.74. The van der Waals surface area contributed by atoms with Gasteiger partial charge in [0.25, 0.3) is 0 Å². The van der Waals surface area contributed by atoms with Crippen molar-refractivity contribution in [3.05, 3.63) is 88.1 Å². The summed E-state index contributed by atoms with van der Waals surface area (Å²) in [5, 5.41) is 4.10. The Bertz CT molecular complexity index is 1040. The fourth-order valence-corrected chi connectivity index (χ4v) is 6.09. The average Bonchev–Trinajstić information content (AvgIpc) is 3.42. The van der Waals surface area contributed by atoms with Crippen molar-refractivity contribution in [1.82, 2.24) is 9.80 Å². The topological polar surface area (TPSA) is 32.8 Å². The molecule has 0 radical (unpaired) electrons. The zero-order chi connectivity index (χ0) is 23.9. The lowest BCUT2D eigenvalue weighted by Gasteiger charge is -2.33. The third-order valence-corrected chi connectivity index (χ3v) is 8.21. The van der Waals surface area contributed by atoms with Gasteiger partial charge < -0.3 is 9.64 Å². The molecular weight excluding hydrogens is 452 g/mol. The number of carbonyl (C=O) groups excluding carboxylic acids is 1. The largest absolute Gasteiger partial charge is 0.493 e. The molecule has 0 bridgehead atoms. The summed E-state index contributed by atoms with van der Waals surface area (Å²) in [4.78, 5) is 17.3. The summed E-state index contributed by atoms with van der Waals surface area (Å²) < 4.78 is 6.14. The molecule has 3 heterocycles. The molecule has 5 rings (SSSR count). The van der Waals surface area contributed by atoms with Crippen LogP contribution in [-0.4, -0.2) is 48.5 Å². The summed E-state index contributed by atoms with van der Waals surface area (Å²) in [5.74, 6) is 2.27. The van der Waals surface area contributed by atoms with Crippen molar-refractivity contribution in [3.8, 4) is 5.75 Å². The second kappa shape index (κ2) is 11.9. The van der Waals surface area contributed by atoms with E-state index >= 15 is 0 Å². The number of hydrogen-bond acceptors (Lipinski definition) is 4. The van der Waals surface area contributed by atoms with Gasteiger partial charge in [0.15, 0.2) is 0 Å². The first kappa shape index (κ1) is 24.1. The monoisotopic (exact) mass is 488 g/mol. The summed E-state index contributed by atoms with van der Waals surface area (Å²) in [7, 11) is 0. The summed E-state index contributed by atoms with van der Waals surface area (Å²) in [6, 6.07) is 21.6. The standard InChI is InChI=1S/C30H36N2O2S/c33-30(19-25-14-18-35-23-25)32-15-4-5-26(21-32)22-34-29-10-8-24(9-11-29)20-31-16-12-28(13-17-31)27-6-2-1-3-7-27/h1-3,6-11,14,18,23,26,28H,4-5,12-13,15-17,19-22H2/t26-/m0/s1. The minimum atomic E-state index is 0.241. The van der Waals surface area contributed by atoms with Gasteiger partial charge in [0.1, 0.15) is 5.75 Å². The molecule has 2 aromatic carbocycles. The average molecular weight is 489 g/mol. The molecule has 35 heavy (non-hydrogen) atoms. The lowest BCUT2D eigenvalue weighted by Crippen LogP contribution is -2.42. The smallest absolute Gasteiger partial charge is 0.227 e. The lowest BCUT2D eigenvalue weighted by atomic mass is 9.89. The molecule has 2 fully saturated rings. The molecule has 0 N–H and O–H groups in total. The minimum Gasteiger partial charge on any atom is -0.493 e. The van der Waals surface area contributed by atoms with Crippen LogP contribution in [0.15, 0.2) is 71.4 Å². The van der Waals surface area contributed by atoms with E-state index in [-0.39, 0.29) is 5.91 Å². The van der Waals surface area contributed by atoms with Crippen molar-refractivity contribution in [2.24, 2.45) is 5.92 Å². The van der Waals surface area contributed by atoms with Crippen LogP contribution in [0.3, 0.4) is 0 Å². The molecule has 184 valence electrons. The van der Waals surface area contributed by atoms with Gasteiger partial charge in [-0.15, -0.1) is 0 Å². The molecule has 0 saturated carbocycles. The van der Waals surface area contributed by atoms with Crippen LogP contribution in [-0.2, 0) is 17.8 Å². The Balaban J connectivity index is 1.04. The highest BCUT2D eigenvalue weighted by Crippen LogP contribution is 2.28. The maximum Gasteiger partial charge on any atom is 0.227 e. The first-order valence-corrected chi connectivity index (χ1v) is 13.9. The normalized spacial score (nSPS) is 19.5. The molecule has 4 nitrogen and oxygen atoms in total. The maximum absolute atomic E-state index is 12.7. The predicted octanol–water partition coefficient (Wildman–Crippen LogP) is 5.99. The molecule has 1 atom stereocenters. The van der Waals surface area contributed by atoms with Crippen molar-refractivity contribution >= 4 is 17.2 Å². The van der Waals surface area contributed by atoms with Crippen molar-refractivity contribution in [2.45, 2.75) is 44.6 Å². The molecule has 0 unspecified atom stereocenters. The molecular formula is C30H36N2O2S. The molecule has 2 saturated heterocycles. The van der Waals surface area contributed by atoms with Crippen LogP contribution in [0.1, 0.15) is 48.3 Å². The fraction of sp³-hybridized carbons (Fsp3) is 0.433. The highest BCUT2D eigenvalue weighted by molar-refractivity contribution is 7.08. The van der Waals surface area contributed by atoms with E-state index in [0.717, 1.165) is 56.9 Å². The van der Waals surface area contributed by atoms with Gasteiger partial charge in [0.05, 0.1) is 13.0 Å². The van der Waals surface area contributed by atoms with Gasteiger partial charge in [0, 0.05) is 25.6 Å². The number of ether oxygens (including phenoxy) is 1. The number of amides is 1. The number of nitrogens with zero attached hydrogens (tertiary/aromatic N) is 2. The molecule has 1 aromatic heterocycles. The van der Waals surface area contributed by atoms with Crippen LogP contribution < -0.4 is 4.74 Å². The van der Waals surface area contributed by atoms with Gasteiger partial charge >= 0.3 is 0 Å². The predicted molar refractivity (Wildman–Crippen MR) is 143 cm³/mol. The molecule has 5 heteroatoms. The van der Waals surface area contributed by atoms with E-state index in [0.29, 0.717) is 24.9 Å². The molecule has 2 aliphatic rings. The minimum absolute atomic E-state index is 0.241. The van der Waals surface area contributed by atoms with Gasteiger partial charge in [-0.1, -0.05) is 42.5 Å². The number of benzene rings is 2. The van der Waals surface area contributed by atoms with E-state index in [2.05, 4.69) is 64.9 Å². The molecule has 3 aromatic rings. The van der Waals surface area contributed by atoms with Crippen LogP contribution in [0.2, 0.25) is 0 Å². The van der Waals surface area contributed by atoms with E-state index < -0.39 is 0 Å². The van der Waals surface area contributed by atoms with Gasteiger partial charge in [-0.2, -0.15) is 11.3 Å². The number of rotatable bonds is 8. The second-order valence-corrected chi connectivity index (χ2v) is 10.9. The summed E-state index contributed by atoms with van der Waals surface area (Å²) >= 11 is 1.65. The SMILES string of the molecule is O=C(Cc1ccsc1)N1CCC[C@H](COc2ccc(CN3CCC(c4ccccc4)CC3)cc2)C1. The summed E-state index contributed by atoms with van der Waals surface area (Å²) in [6.45, 7) is 5.67. The van der Waals surface area contributed by atoms with E-state index in [1.54, 1.807) is 11.3 Å². The number of piperidine rings is 2. The number of hydrogen-bond donors (Lipinski definition) is 0. The molecule has 1 amide bonds. The fourth-order valence-electron chi connectivity index (χ4n) is 5.42. The number of likely N-dealkylation sites (tertiary alicyclic amines) is 2. The van der Waals surface area contributed by atoms with E-state index in [1.807, 2.05) is 16.3 Å². The summed E-state index contributed by atoms with van der Waals surface area (Å²) in [6.07, 6.45) is 5.17. The zero-order valence-electron chi connectivity index (χ0n) is 20.5. The summed E-state index contributed by atoms with van der Waals surface area (Å²) in [5.41, 5.74) is 3.96. The first-order chi connectivity index (χ1) is 17.2.